The molecule has 0 atom stereocenters. The van der Waals surface area contributed by atoms with Crippen LogP contribution in [0.15, 0.2) is 24.4 Å². The van der Waals surface area contributed by atoms with Gasteiger partial charge in [-0.1, -0.05) is 0 Å². The molecule has 0 aliphatic carbocycles. The van der Waals surface area contributed by atoms with Crippen LogP contribution in [0.2, 0.25) is 0 Å². The molecule has 9 heteroatoms. The van der Waals surface area contributed by atoms with Gasteiger partial charge < -0.3 is 10.5 Å². The van der Waals surface area contributed by atoms with Gasteiger partial charge in [0.05, 0.1) is 11.1 Å². The fourth-order valence-corrected chi connectivity index (χ4v) is 1.26. The van der Waals surface area contributed by atoms with E-state index in [1.54, 1.807) is 0 Å². The van der Waals surface area contributed by atoms with E-state index in [1.807, 2.05) is 0 Å². The van der Waals surface area contributed by atoms with Crippen molar-refractivity contribution in [3.8, 4) is 11.6 Å². The molecule has 0 amide bonds. The zero-order valence-electron chi connectivity index (χ0n) is 9.21. The average Bonchev–Trinajstić information content (AvgIpc) is 2.33. The van der Waals surface area contributed by atoms with Crippen molar-refractivity contribution in [3.05, 3.63) is 46.1 Å². The van der Waals surface area contributed by atoms with Crippen LogP contribution < -0.4 is 10.5 Å². The molecule has 0 bridgehead atoms. The smallest absolute Gasteiger partial charge is 0.311 e. The lowest BCUT2D eigenvalue weighted by Crippen LogP contribution is -2.01. The largest absolute Gasteiger partial charge is 0.429 e. The highest BCUT2D eigenvalue weighted by Gasteiger charge is 2.19. The van der Waals surface area contributed by atoms with Gasteiger partial charge in [-0.15, -0.1) is 0 Å². The monoisotopic (exact) mass is 268 g/mol. The van der Waals surface area contributed by atoms with Gasteiger partial charge in [-0.05, 0) is 6.07 Å². The number of nitrogen functional groups attached to an aromatic ring is 1. The van der Waals surface area contributed by atoms with Crippen molar-refractivity contribution >= 4 is 11.6 Å². The van der Waals surface area contributed by atoms with E-state index in [9.17, 15) is 18.9 Å². The number of nitrogens with two attached hydrogens (primary N) is 1. The maximum Gasteiger partial charge on any atom is 0.311 e. The quantitative estimate of drug-likeness (QED) is 0.674. The van der Waals surface area contributed by atoms with Crippen molar-refractivity contribution < 1.29 is 18.4 Å². The van der Waals surface area contributed by atoms with Gasteiger partial charge in [0, 0.05) is 12.1 Å². The van der Waals surface area contributed by atoms with Crippen LogP contribution in [-0.4, -0.2) is 14.9 Å². The normalized spacial score (nSPS) is 10.2. The summed E-state index contributed by atoms with van der Waals surface area (Å²) < 4.78 is 31.2. The molecule has 2 aromatic rings. The van der Waals surface area contributed by atoms with Gasteiger partial charge >= 0.3 is 5.69 Å². The summed E-state index contributed by atoms with van der Waals surface area (Å²) in [5.41, 5.74) is 4.70. The van der Waals surface area contributed by atoms with Gasteiger partial charge in [0.2, 0.25) is 17.5 Å². The molecule has 0 saturated carbocycles. The molecule has 2 rings (SSSR count). The highest BCUT2D eigenvalue weighted by molar-refractivity contribution is 5.48. The average molecular weight is 268 g/mol. The summed E-state index contributed by atoms with van der Waals surface area (Å²) >= 11 is 0. The summed E-state index contributed by atoms with van der Waals surface area (Å²) in [4.78, 5) is 16.7. The van der Waals surface area contributed by atoms with Gasteiger partial charge in [0.25, 0.3) is 5.88 Å². The van der Waals surface area contributed by atoms with Crippen LogP contribution in [0.4, 0.5) is 20.4 Å². The minimum atomic E-state index is -0.979. The summed E-state index contributed by atoms with van der Waals surface area (Å²) in [5, 5.41) is 10.7. The Hall–Kier alpha value is -2.84. The number of rotatable bonds is 3. The fourth-order valence-electron chi connectivity index (χ4n) is 1.26. The Balaban J connectivity index is 2.45. The lowest BCUT2D eigenvalue weighted by molar-refractivity contribution is -0.385. The summed E-state index contributed by atoms with van der Waals surface area (Å²) in [6.45, 7) is 0. The number of nitro groups is 1. The predicted octanol–water partition coefficient (Wildman–Crippen LogP) is 2.04. The van der Waals surface area contributed by atoms with E-state index in [-0.39, 0.29) is 5.95 Å². The molecule has 0 spiro atoms. The highest BCUT2D eigenvalue weighted by Crippen LogP contribution is 2.32. The first-order chi connectivity index (χ1) is 8.97. The van der Waals surface area contributed by atoms with Crippen LogP contribution in [0, 0.1) is 21.7 Å². The lowest BCUT2D eigenvalue weighted by Gasteiger charge is -2.06. The maximum absolute atomic E-state index is 13.3. The first-order valence-electron chi connectivity index (χ1n) is 4.87. The second kappa shape index (κ2) is 4.80. The molecule has 1 aromatic heterocycles. The number of ether oxygens (including phenoxy) is 1. The van der Waals surface area contributed by atoms with Crippen molar-refractivity contribution in [3.63, 3.8) is 0 Å². The van der Waals surface area contributed by atoms with Crippen LogP contribution in [-0.2, 0) is 0 Å². The molecule has 0 aliphatic heterocycles. The topological polar surface area (TPSA) is 104 Å². The van der Waals surface area contributed by atoms with Crippen LogP contribution >= 0.6 is 0 Å². The Morgan fingerprint density at radius 1 is 1.37 bits per heavy atom. The van der Waals surface area contributed by atoms with E-state index in [2.05, 4.69) is 9.97 Å². The second-order valence-electron chi connectivity index (χ2n) is 3.35. The second-order valence-corrected chi connectivity index (χ2v) is 3.35. The molecule has 7 nitrogen and oxygen atoms in total. The standard InChI is InChI=1S/C10H6F2N4O3/c11-5-1-2-7(16(17)18)8(3-5)19-9-6(12)4-14-10(13)15-9/h1-4H,(H2,13,14,15). The van der Waals surface area contributed by atoms with Crippen molar-refractivity contribution in [2.75, 3.05) is 5.73 Å². The Morgan fingerprint density at radius 2 is 2.11 bits per heavy atom. The van der Waals surface area contributed by atoms with Gasteiger partial charge in [-0.2, -0.15) is 9.37 Å². The number of hydrogen-bond donors (Lipinski definition) is 1. The van der Waals surface area contributed by atoms with E-state index in [1.165, 1.54) is 0 Å². The van der Waals surface area contributed by atoms with Crippen molar-refractivity contribution in [2.45, 2.75) is 0 Å². The number of nitrogens with zero attached hydrogens (tertiary/aromatic N) is 3. The zero-order chi connectivity index (χ0) is 14.0. The molecule has 1 aromatic carbocycles. The van der Waals surface area contributed by atoms with Crippen molar-refractivity contribution in [2.24, 2.45) is 0 Å². The van der Waals surface area contributed by atoms with E-state index in [0.29, 0.717) is 0 Å². The molecule has 0 saturated heterocycles. The third kappa shape index (κ3) is 2.70. The van der Waals surface area contributed by atoms with Crippen LogP contribution in [0.3, 0.4) is 0 Å². The molecule has 0 unspecified atom stereocenters. The number of benzene rings is 1. The first-order valence-corrected chi connectivity index (χ1v) is 4.87. The molecular weight excluding hydrogens is 262 g/mol. The van der Waals surface area contributed by atoms with E-state index < -0.39 is 33.9 Å². The molecule has 1 heterocycles. The van der Waals surface area contributed by atoms with Crippen molar-refractivity contribution in [1.82, 2.24) is 9.97 Å². The maximum atomic E-state index is 13.3. The van der Waals surface area contributed by atoms with E-state index >= 15 is 0 Å². The van der Waals surface area contributed by atoms with Crippen LogP contribution in [0.25, 0.3) is 0 Å². The number of nitro benzene ring substituents is 1. The molecule has 0 fully saturated rings. The zero-order valence-corrected chi connectivity index (χ0v) is 9.21. The third-order valence-corrected chi connectivity index (χ3v) is 2.06. The fraction of sp³-hybridized carbons (Fsp3) is 0. The molecule has 0 radical (unpaired) electrons. The number of halogens is 2. The molecular formula is C10H6F2N4O3. The summed E-state index contributed by atoms with van der Waals surface area (Å²) in [5.74, 6) is -3.14. The number of anilines is 1. The molecule has 2 N–H and O–H groups in total. The number of hydrogen-bond acceptors (Lipinski definition) is 6. The minimum Gasteiger partial charge on any atom is -0.429 e. The SMILES string of the molecule is Nc1ncc(F)c(Oc2cc(F)ccc2[N+](=O)[O-])n1. The van der Waals surface area contributed by atoms with Crippen LogP contribution in [0.1, 0.15) is 0 Å². The Morgan fingerprint density at radius 3 is 2.79 bits per heavy atom. The van der Waals surface area contributed by atoms with Crippen molar-refractivity contribution in [1.29, 1.82) is 0 Å². The Kier molecular flexibility index (Phi) is 3.19. The molecule has 98 valence electrons. The van der Waals surface area contributed by atoms with Gasteiger partial charge in [0.1, 0.15) is 5.82 Å². The van der Waals surface area contributed by atoms with Crippen LogP contribution in [0.5, 0.6) is 11.6 Å². The summed E-state index contributed by atoms with van der Waals surface area (Å²) in [7, 11) is 0. The highest BCUT2D eigenvalue weighted by atomic mass is 19.1. The molecule has 19 heavy (non-hydrogen) atoms. The number of aromatic nitrogens is 2. The van der Waals surface area contributed by atoms with Gasteiger partial charge in [-0.25, -0.2) is 9.37 Å². The van der Waals surface area contributed by atoms with Gasteiger partial charge in [0.15, 0.2) is 0 Å². The van der Waals surface area contributed by atoms with E-state index in [0.717, 1.165) is 24.4 Å². The van der Waals surface area contributed by atoms with Gasteiger partial charge in [-0.3, -0.25) is 10.1 Å². The lowest BCUT2D eigenvalue weighted by atomic mass is 10.3. The molecule has 0 aliphatic rings. The summed E-state index contributed by atoms with van der Waals surface area (Å²) in [6, 6.07) is 2.53. The third-order valence-electron chi connectivity index (χ3n) is 2.06. The Labute approximate surface area is 104 Å². The first kappa shape index (κ1) is 12.6. The predicted molar refractivity (Wildman–Crippen MR) is 59.5 cm³/mol. The Bertz CT molecular complexity index is 651. The van der Waals surface area contributed by atoms with E-state index in [4.69, 9.17) is 10.5 Å². The minimum absolute atomic E-state index is 0.282. The summed E-state index contributed by atoms with van der Waals surface area (Å²) in [6.07, 6.45) is 0.739.